The van der Waals surface area contributed by atoms with E-state index in [0.717, 1.165) is 5.56 Å². The fourth-order valence-electron chi connectivity index (χ4n) is 1.43. The van der Waals surface area contributed by atoms with E-state index in [-0.39, 0.29) is 11.9 Å². The van der Waals surface area contributed by atoms with Crippen molar-refractivity contribution in [2.24, 2.45) is 10.7 Å². The van der Waals surface area contributed by atoms with Gasteiger partial charge in [0.1, 0.15) is 24.3 Å². The normalized spacial score (nSPS) is 21.8. The second-order valence-corrected chi connectivity index (χ2v) is 3.21. The largest absolute Gasteiger partial charge is 0.386 e. The number of hydrogen-bond donors (Lipinski definition) is 1. The van der Waals surface area contributed by atoms with E-state index in [1.165, 1.54) is 12.1 Å². The van der Waals surface area contributed by atoms with Crippen molar-refractivity contribution in [1.29, 1.82) is 0 Å². The molecule has 1 heterocycles. The van der Waals surface area contributed by atoms with Crippen molar-refractivity contribution >= 4 is 5.84 Å². The van der Waals surface area contributed by atoms with Crippen LogP contribution in [-0.4, -0.2) is 19.0 Å². The molecule has 0 saturated heterocycles. The van der Waals surface area contributed by atoms with E-state index in [1.807, 2.05) is 6.07 Å². The van der Waals surface area contributed by atoms with Gasteiger partial charge in [-0.25, -0.2) is 4.39 Å². The van der Waals surface area contributed by atoms with E-state index in [0.29, 0.717) is 19.0 Å². The number of ether oxygens (including phenoxy) is 1. The highest BCUT2D eigenvalue weighted by molar-refractivity contribution is 5.82. The van der Waals surface area contributed by atoms with Crippen LogP contribution in [-0.2, 0) is 4.74 Å². The molecule has 2 rings (SSSR count). The summed E-state index contributed by atoms with van der Waals surface area (Å²) in [5.41, 5.74) is 6.33. The monoisotopic (exact) mass is 194 g/mol. The standard InChI is InChI=1S/C10H11FN2O/c11-8-3-1-2-7(4-8)9-5-14-6-10(12)13-9/h1-4,9H,5-6H2,(H2,12,13). The average Bonchev–Trinajstić information content (AvgIpc) is 2.18. The Balaban J connectivity index is 2.26. The van der Waals surface area contributed by atoms with Gasteiger partial charge in [-0.2, -0.15) is 0 Å². The number of halogens is 1. The summed E-state index contributed by atoms with van der Waals surface area (Å²) in [6.45, 7) is 0.829. The summed E-state index contributed by atoms with van der Waals surface area (Å²) in [6, 6.07) is 6.17. The molecule has 0 fully saturated rings. The third-order valence-electron chi connectivity index (χ3n) is 2.08. The van der Waals surface area contributed by atoms with Gasteiger partial charge in [0, 0.05) is 0 Å². The fraction of sp³-hybridized carbons (Fsp3) is 0.300. The minimum atomic E-state index is -0.262. The maximum absolute atomic E-state index is 12.9. The highest BCUT2D eigenvalue weighted by atomic mass is 19.1. The predicted octanol–water partition coefficient (Wildman–Crippen LogP) is 1.25. The molecule has 4 heteroatoms. The summed E-state index contributed by atoms with van der Waals surface area (Å²) in [4.78, 5) is 4.20. The molecule has 0 bridgehead atoms. The molecule has 3 nitrogen and oxygen atoms in total. The first-order chi connectivity index (χ1) is 6.75. The second-order valence-electron chi connectivity index (χ2n) is 3.21. The number of aliphatic imine (C=N–C) groups is 1. The SMILES string of the molecule is NC1=NC(c2cccc(F)c2)COC1. The quantitative estimate of drug-likeness (QED) is 0.731. The first kappa shape index (κ1) is 9.15. The van der Waals surface area contributed by atoms with E-state index in [9.17, 15) is 4.39 Å². The van der Waals surface area contributed by atoms with Crippen molar-refractivity contribution in [2.75, 3.05) is 13.2 Å². The smallest absolute Gasteiger partial charge is 0.123 e. The van der Waals surface area contributed by atoms with E-state index < -0.39 is 0 Å². The van der Waals surface area contributed by atoms with Crippen molar-refractivity contribution in [3.05, 3.63) is 35.6 Å². The van der Waals surface area contributed by atoms with Crippen molar-refractivity contribution < 1.29 is 9.13 Å². The molecule has 1 aromatic carbocycles. The van der Waals surface area contributed by atoms with Gasteiger partial charge in [-0.1, -0.05) is 12.1 Å². The van der Waals surface area contributed by atoms with Gasteiger partial charge in [0.05, 0.1) is 6.61 Å². The number of amidine groups is 1. The molecule has 1 aromatic rings. The van der Waals surface area contributed by atoms with Crippen LogP contribution in [0.4, 0.5) is 4.39 Å². The Morgan fingerprint density at radius 3 is 3.07 bits per heavy atom. The molecule has 74 valence electrons. The molecular formula is C10H11FN2O. The second kappa shape index (κ2) is 3.75. The van der Waals surface area contributed by atoms with Crippen LogP contribution in [0.3, 0.4) is 0 Å². The number of nitrogens with two attached hydrogens (primary N) is 1. The minimum absolute atomic E-state index is 0.167. The summed E-state index contributed by atoms with van der Waals surface area (Å²) in [7, 11) is 0. The average molecular weight is 194 g/mol. The summed E-state index contributed by atoms with van der Waals surface area (Å²) in [5, 5.41) is 0. The molecule has 0 spiro atoms. The minimum Gasteiger partial charge on any atom is -0.386 e. The maximum Gasteiger partial charge on any atom is 0.123 e. The maximum atomic E-state index is 12.9. The first-order valence-corrected chi connectivity index (χ1v) is 4.41. The molecule has 0 amide bonds. The van der Waals surface area contributed by atoms with Crippen molar-refractivity contribution in [2.45, 2.75) is 6.04 Å². The van der Waals surface area contributed by atoms with Gasteiger partial charge >= 0.3 is 0 Å². The van der Waals surface area contributed by atoms with Gasteiger partial charge in [-0.15, -0.1) is 0 Å². The van der Waals surface area contributed by atoms with Crippen molar-refractivity contribution in [3.8, 4) is 0 Å². The van der Waals surface area contributed by atoms with Crippen LogP contribution >= 0.6 is 0 Å². The summed E-state index contributed by atoms with van der Waals surface area (Å²) in [6.07, 6.45) is 0. The topological polar surface area (TPSA) is 47.6 Å². The van der Waals surface area contributed by atoms with E-state index in [1.54, 1.807) is 6.07 Å². The van der Waals surface area contributed by atoms with Gasteiger partial charge in [0.25, 0.3) is 0 Å². The zero-order chi connectivity index (χ0) is 9.97. The number of nitrogens with zero attached hydrogens (tertiary/aromatic N) is 1. The van der Waals surface area contributed by atoms with Gasteiger partial charge in [-0.3, -0.25) is 4.99 Å². The Bertz CT molecular complexity index is 365. The Morgan fingerprint density at radius 2 is 2.36 bits per heavy atom. The van der Waals surface area contributed by atoms with E-state index >= 15 is 0 Å². The Labute approximate surface area is 81.4 Å². The van der Waals surface area contributed by atoms with Crippen LogP contribution in [0, 0.1) is 5.82 Å². The van der Waals surface area contributed by atoms with Crippen LogP contribution in [0.5, 0.6) is 0 Å². The zero-order valence-electron chi connectivity index (χ0n) is 7.61. The van der Waals surface area contributed by atoms with E-state index in [2.05, 4.69) is 4.99 Å². The lowest BCUT2D eigenvalue weighted by Crippen LogP contribution is -2.27. The van der Waals surface area contributed by atoms with Gasteiger partial charge < -0.3 is 10.5 Å². The molecule has 14 heavy (non-hydrogen) atoms. The third kappa shape index (κ3) is 1.90. The van der Waals surface area contributed by atoms with Crippen LogP contribution in [0.25, 0.3) is 0 Å². The lowest BCUT2D eigenvalue weighted by atomic mass is 10.1. The summed E-state index contributed by atoms with van der Waals surface area (Å²) >= 11 is 0. The van der Waals surface area contributed by atoms with E-state index in [4.69, 9.17) is 10.5 Å². The van der Waals surface area contributed by atoms with Crippen LogP contribution in [0.2, 0.25) is 0 Å². The Morgan fingerprint density at radius 1 is 1.50 bits per heavy atom. The lowest BCUT2D eigenvalue weighted by molar-refractivity contribution is 0.143. The van der Waals surface area contributed by atoms with Crippen LogP contribution in [0.15, 0.2) is 29.3 Å². The molecule has 1 atom stereocenters. The van der Waals surface area contributed by atoms with Gasteiger partial charge in [0.2, 0.25) is 0 Å². The molecular weight excluding hydrogens is 183 g/mol. The van der Waals surface area contributed by atoms with Crippen LogP contribution < -0.4 is 5.73 Å². The molecule has 0 aromatic heterocycles. The highest BCUT2D eigenvalue weighted by Gasteiger charge is 2.15. The third-order valence-corrected chi connectivity index (χ3v) is 2.08. The number of benzene rings is 1. The van der Waals surface area contributed by atoms with Gasteiger partial charge in [-0.05, 0) is 17.7 Å². The fourth-order valence-corrected chi connectivity index (χ4v) is 1.43. The van der Waals surface area contributed by atoms with Crippen molar-refractivity contribution in [3.63, 3.8) is 0 Å². The first-order valence-electron chi connectivity index (χ1n) is 4.41. The molecule has 0 radical (unpaired) electrons. The summed E-state index contributed by atoms with van der Waals surface area (Å²) < 4.78 is 18.1. The molecule has 2 N–H and O–H groups in total. The predicted molar refractivity (Wildman–Crippen MR) is 51.6 cm³/mol. The van der Waals surface area contributed by atoms with Crippen LogP contribution in [0.1, 0.15) is 11.6 Å². The van der Waals surface area contributed by atoms with Gasteiger partial charge in [0.15, 0.2) is 0 Å². The van der Waals surface area contributed by atoms with Crippen molar-refractivity contribution in [1.82, 2.24) is 0 Å². The molecule has 1 aliphatic rings. The zero-order valence-corrected chi connectivity index (χ0v) is 7.61. The molecule has 0 aliphatic carbocycles. The highest BCUT2D eigenvalue weighted by Crippen LogP contribution is 2.20. The lowest BCUT2D eigenvalue weighted by Gasteiger charge is -2.19. The number of hydrogen-bond acceptors (Lipinski definition) is 3. The molecule has 1 aliphatic heterocycles. The molecule has 1 unspecified atom stereocenters. The Hall–Kier alpha value is -1.42. The Kier molecular flexibility index (Phi) is 2.45. The number of rotatable bonds is 1. The molecule has 0 saturated carbocycles. The summed E-state index contributed by atoms with van der Waals surface area (Å²) in [5.74, 6) is 0.201.